The first kappa shape index (κ1) is 14.7. The number of nitrogens with zero attached hydrogens (tertiary/aromatic N) is 2. The van der Waals surface area contributed by atoms with E-state index < -0.39 is 5.54 Å². The molecule has 3 heterocycles. The van der Waals surface area contributed by atoms with E-state index in [0.29, 0.717) is 19.4 Å². The SMILES string of the molecule is O=C1NC2(CCN(CCO)CC2)C(=O)N1C1CCNCC1. The van der Waals surface area contributed by atoms with Crippen LogP contribution in [0.2, 0.25) is 0 Å². The van der Waals surface area contributed by atoms with Crippen LogP contribution in [0.25, 0.3) is 0 Å². The molecule has 0 atom stereocenters. The highest BCUT2D eigenvalue weighted by Gasteiger charge is 2.53. The molecule has 3 amide bonds. The highest BCUT2D eigenvalue weighted by molar-refractivity contribution is 6.07. The number of β-amino-alcohol motifs (C(OH)–C–C–N with tert-alkyl or cyclic N) is 1. The maximum Gasteiger partial charge on any atom is 0.325 e. The fourth-order valence-corrected chi connectivity index (χ4v) is 3.68. The predicted molar refractivity (Wildman–Crippen MR) is 76.8 cm³/mol. The number of likely N-dealkylation sites (tertiary alicyclic amines) is 1. The highest BCUT2D eigenvalue weighted by atomic mass is 16.3. The first-order chi connectivity index (χ1) is 10.2. The van der Waals surface area contributed by atoms with Crippen molar-refractivity contribution in [2.45, 2.75) is 37.3 Å². The second-order valence-corrected chi connectivity index (χ2v) is 6.23. The maximum atomic E-state index is 12.8. The summed E-state index contributed by atoms with van der Waals surface area (Å²) in [6, 6.07) is -0.184. The molecule has 0 unspecified atom stereocenters. The van der Waals surface area contributed by atoms with Crippen LogP contribution >= 0.6 is 0 Å². The van der Waals surface area contributed by atoms with Gasteiger partial charge >= 0.3 is 6.03 Å². The van der Waals surface area contributed by atoms with Gasteiger partial charge in [-0.25, -0.2) is 4.79 Å². The van der Waals surface area contributed by atoms with Crippen molar-refractivity contribution < 1.29 is 14.7 Å². The Bertz CT molecular complexity index is 414. The summed E-state index contributed by atoms with van der Waals surface area (Å²) in [7, 11) is 0. The Labute approximate surface area is 124 Å². The number of aliphatic hydroxyl groups excluding tert-OH is 1. The molecule has 21 heavy (non-hydrogen) atoms. The van der Waals surface area contributed by atoms with E-state index in [1.165, 1.54) is 4.90 Å². The Hall–Kier alpha value is -1.18. The van der Waals surface area contributed by atoms with Crippen LogP contribution < -0.4 is 10.6 Å². The van der Waals surface area contributed by atoms with Crippen LogP contribution in [0.1, 0.15) is 25.7 Å². The average Bonchev–Trinajstić information content (AvgIpc) is 2.74. The Balaban J connectivity index is 1.68. The van der Waals surface area contributed by atoms with Gasteiger partial charge in [0.25, 0.3) is 5.91 Å². The molecular formula is C14H24N4O3. The van der Waals surface area contributed by atoms with Gasteiger partial charge in [0.1, 0.15) is 5.54 Å². The van der Waals surface area contributed by atoms with Crippen LogP contribution in [0.15, 0.2) is 0 Å². The molecule has 0 saturated carbocycles. The number of rotatable bonds is 3. The molecule has 1 spiro atoms. The van der Waals surface area contributed by atoms with Gasteiger partial charge in [-0.05, 0) is 38.8 Å². The molecular weight excluding hydrogens is 272 g/mol. The summed E-state index contributed by atoms with van der Waals surface area (Å²) in [4.78, 5) is 28.7. The number of nitrogens with one attached hydrogen (secondary N) is 2. The van der Waals surface area contributed by atoms with E-state index in [9.17, 15) is 9.59 Å². The molecule has 3 fully saturated rings. The van der Waals surface area contributed by atoms with Gasteiger partial charge in [0, 0.05) is 25.7 Å². The molecule has 0 aromatic carbocycles. The van der Waals surface area contributed by atoms with Crippen LogP contribution in [0.4, 0.5) is 4.79 Å². The smallest absolute Gasteiger partial charge is 0.325 e. The van der Waals surface area contributed by atoms with E-state index in [1.54, 1.807) is 0 Å². The Morgan fingerprint density at radius 2 is 1.86 bits per heavy atom. The van der Waals surface area contributed by atoms with Crippen molar-refractivity contribution >= 4 is 11.9 Å². The number of carbonyl (C=O) groups excluding carboxylic acids is 2. The van der Waals surface area contributed by atoms with Crippen LogP contribution in [-0.4, -0.2) is 77.8 Å². The van der Waals surface area contributed by atoms with Crippen molar-refractivity contribution in [2.75, 3.05) is 39.3 Å². The third kappa shape index (κ3) is 2.65. The quantitative estimate of drug-likeness (QED) is 0.589. The third-order valence-corrected chi connectivity index (χ3v) is 4.99. The van der Waals surface area contributed by atoms with Crippen LogP contribution in [0.5, 0.6) is 0 Å². The number of hydrogen-bond donors (Lipinski definition) is 3. The second kappa shape index (κ2) is 5.90. The average molecular weight is 296 g/mol. The van der Waals surface area contributed by atoms with Gasteiger partial charge in [0.05, 0.1) is 6.61 Å². The van der Waals surface area contributed by atoms with E-state index >= 15 is 0 Å². The minimum atomic E-state index is -0.700. The number of amides is 3. The topological polar surface area (TPSA) is 84.9 Å². The highest BCUT2D eigenvalue weighted by Crippen LogP contribution is 2.31. The minimum Gasteiger partial charge on any atom is -0.395 e. The molecule has 0 aliphatic carbocycles. The fraction of sp³-hybridized carbons (Fsp3) is 0.857. The monoisotopic (exact) mass is 296 g/mol. The van der Waals surface area contributed by atoms with Crippen molar-refractivity contribution in [3.8, 4) is 0 Å². The summed E-state index contributed by atoms with van der Waals surface area (Å²) in [6.45, 7) is 3.97. The first-order valence-corrected chi connectivity index (χ1v) is 7.86. The van der Waals surface area contributed by atoms with E-state index in [4.69, 9.17) is 5.11 Å². The zero-order chi connectivity index (χ0) is 14.9. The van der Waals surface area contributed by atoms with Gasteiger partial charge in [-0.2, -0.15) is 0 Å². The molecule has 7 nitrogen and oxygen atoms in total. The predicted octanol–water partition coefficient (Wildman–Crippen LogP) is -0.883. The van der Waals surface area contributed by atoms with Crippen molar-refractivity contribution in [2.24, 2.45) is 0 Å². The van der Waals surface area contributed by atoms with Gasteiger partial charge in [-0.1, -0.05) is 0 Å². The fourth-order valence-electron chi connectivity index (χ4n) is 3.68. The number of hydrogen-bond acceptors (Lipinski definition) is 5. The summed E-state index contributed by atoms with van der Waals surface area (Å²) < 4.78 is 0. The minimum absolute atomic E-state index is 0.0357. The lowest BCUT2D eigenvalue weighted by molar-refractivity contribution is -0.134. The Morgan fingerprint density at radius 1 is 1.19 bits per heavy atom. The van der Waals surface area contributed by atoms with Gasteiger partial charge in [0.2, 0.25) is 0 Å². The molecule has 0 aromatic rings. The standard InChI is InChI=1S/C14H24N4O3/c19-10-9-17-7-3-14(4-8-17)12(20)18(13(21)16-14)11-1-5-15-6-2-11/h11,15,19H,1-10H2,(H,16,21). The molecule has 3 aliphatic rings. The third-order valence-electron chi connectivity index (χ3n) is 4.99. The van der Waals surface area contributed by atoms with Crippen LogP contribution in [-0.2, 0) is 4.79 Å². The van der Waals surface area contributed by atoms with E-state index in [0.717, 1.165) is 39.0 Å². The van der Waals surface area contributed by atoms with Crippen molar-refractivity contribution in [3.05, 3.63) is 0 Å². The number of piperidine rings is 2. The maximum absolute atomic E-state index is 12.8. The zero-order valence-electron chi connectivity index (χ0n) is 12.3. The van der Waals surface area contributed by atoms with Gasteiger partial charge < -0.3 is 20.6 Å². The molecule has 0 radical (unpaired) electrons. The number of carbonyl (C=O) groups is 2. The van der Waals surface area contributed by atoms with Crippen LogP contribution in [0, 0.1) is 0 Å². The van der Waals surface area contributed by atoms with Gasteiger partial charge in [0.15, 0.2) is 0 Å². The van der Waals surface area contributed by atoms with E-state index in [1.807, 2.05) is 0 Å². The van der Waals surface area contributed by atoms with Gasteiger partial charge in [-0.15, -0.1) is 0 Å². The summed E-state index contributed by atoms with van der Waals surface area (Å²) in [5, 5.41) is 15.2. The van der Waals surface area contributed by atoms with E-state index in [-0.39, 0.29) is 24.6 Å². The normalized spacial score (nSPS) is 27.4. The second-order valence-electron chi connectivity index (χ2n) is 6.23. The summed E-state index contributed by atoms with van der Waals surface area (Å²) in [5.74, 6) is -0.0388. The molecule has 118 valence electrons. The molecule has 0 bridgehead atoms. The van der Waals surface area contributed by atoms with Crippen molar-refractivity contribution in [1.82, 2.24) is 20.4 Å². The van der Waals surface area contributed by atoms with Gasteiger partial charge in [-0.3, -0.25) is 9.69 Å². The molecule has 0 aromatic heterocycles. The summed E-state index contributed by atoms with van der Waals surface area (Å²) in [6.07, 6.45) is 2.95. The molecule has 3 aliphatic heterocycles. The number of imide groups is 1. The molecule has 3 rings (SSSR count). The van der Waals surface area contributed by atoms with Crippen LogP contribution in [0.3, 0.4) is 0 Å². The lowest BCUT2D eigenvalue weighted by atomic mass is 9.87. The Kier molecular flexibility index (Phi) is 4.14. The largest absolute Gasteiger partial charge is 0.395 e. The summed E-state index contributed by atoms with van der Waals surface area (Å²) in [5.41, 5.74) is -0.700. The zero-order valence-corrected chi connectivity index (χ0v) is 12.3. The summed E-state index contributed by atoms with van der Waals surface area (Å²) >= 11 is 0. The molecule has 3 saturated heterocycles. The Morgan fingerprint density at radius 3 is 2.48 bits per heavy atom. The first-order valence-electron chi connectivity index (χ1n) is 7.86. The molecule has 7 heteroatoms. The number of aliphatic hydroxyl groups is 1. The molecule has 3 N–H and O–H groups in total. The number of urea groups is 1. The lowest BCUT2D eigenvalue weighted by Gasteiger charge is -2.37. The lowest BCUT2D eigenvalue weighted by Crippen LogP contribution is -2.55. The van der Waals surface area contributed by atoms with Crippen molar-refractivity contribution in [1.29, 1.82) is 0 Å². The van der Waals surface area contributed by atoms with E-state index in [2.05, 4.69) is 15.5 Å². The van der Waals surface area contributed by atoms with Crippen molar-refractivity contribution in [3.63, 3.8) is 0 Å².